The van der Waals surface area contributed by atoms with E-state index in [1.165, 1.54) is 0 Å². The molecule has 26 heavy (non-hydrogen) atoms. The third-order valence-corrected chi connectivity index (χ3v) is 4.47. The Kier molecular flexibility index (Phi) is 6.89. The lowest BCUT2D eigenvalue weighted by Crippen LogP contribution is -2.45. The highest BCUT2D eigenvalue weighted by Crippen LogP contribution is 2.18. The summed E-state index contributed by atoms with van der Waals surface area (Å²) in [4.78, 5) is 28.1. The van der Waals surface area contributed by atoms with Gasteiger partial charge in [-0.25, -0.2) is 4.79 Å². The lowest BCUT2D eigenvalue weighted by atomic mass is 9.97. The summed E-state index contributed by atoms with van der Waals surface area (Å²) in [6.07, 6.45) is 1.42. The summed E-state index contributed by atoms with van der Waals surface area (Å²) >= 11 is 0. The largest absolute Gasteiger partial charge is 0.444 e. The first-order chi connectivity index (χ1) is 12.2. The van der Waals surface area contributed by atoms with Crippen LogP contribution >= 0.6 is 0 Å². The van der Waals surface area contributed by atoms with Crippen LogP contribution < -0.4 is 10.2 Å². The van der Waals surface area contributed by atoms with Gasteiger partial charge in [0.25, 0.3) is 0 Å². The van der Waals surface area contributed by atoms with E-state index in [4.69, 9.17) is 4.74 Å². The average Bonchev–Trinajstić information content (AvgIpc) is 2.59. The first kappa shape index (κ1) is 20.1. The SMILES string of the molecule is CN(CC(=O)N1CCC(CNC(=O)OC(C)(C)C)CC1)c1ccccc1. The number of alkyl carbamates (subject to hydrolysis) is 1. The summed E-state index contributed by atoms with van der Waals surface area (Å²) in [6, 6.07) is 9.91. The minimum absolute atomic E-state index is 0.148. The van der Waals surface area contributed by atoms with E-state index in [0.717, 1.165) is 31.6 Å². The van der Waals surface area contributed by atoms with E-state index in [2.05, 4.69) is 5.32 Å². The van der Waals surface area contributed by atoms with Gasteiger partial charge in [-0.1, -0.05) is 18.2 Å². The highest BCUT2D eigenvalue weighted by atomic mass is 16.6. The smallest absolute Gasteiger partial charge is 0.407 e. The van der Waals surface area contributed by atoms with Crippen LogP contribution in [0.4, 0.5) is 10.5 Å². The molecule has 0 aliphatic carbocycles. The second kappa shape index (κ2) is 8.92. The molecule has 6 nitrogen and oxygen atoms in total. The number of hydrogen-bond donors (Lipinski definition) is 1. The Balaban J connectivity index is 1.70. The molecule has 1 N–H and O–H groups in total. The van der Waals surface area contributed by atoms with Crippen molar-refractivity contribution in [2.75, 3.05) is 38.1 Å². The van der Waals surface area contributed by atoms with Crippen LogP contribution in [0.3, 0.4) is 0 Å². The predicted octanol–water partition coefficient (Wildman–Crippen LogP) is 2.89. The number of anilines is 1. The number of likely N-dealkylation sites (tertiary alicyclic amines) is 1. The normalized spacial score (nSPS) is 15.5. The molecule has 0 spiro atoms. The van der Waals surface area contributed by atoms with Gasteiger partial charge in [-0.3, -0.25) is 4.79 Å². The Labute approximate surface area is 156 Å². The van der Waals surface area contributed by atoms with Gasteiger partial charge in [0, 0.05) is 32.4 Å². The molecule has 0 bridgehead atoms. The number of nitrogens with one attached hydrogen (secondary N) is 1. The summed E-state index contributed by atoms with van der Waals surface area (Å²) in [6.45, 7) is 8.01. The van der Waals surface area contributed by atoms with Crippen LogP contribution in [0.15, 0.2) is 30.3 Å². The molecule has 0 radical (unpaired) electrons. The quantitative estimate of drug-likeness (QED) is 0.876. The molecule has 2 amide bonds. The van der Waals surface area contributed by atoms with Crippen molar-refractivity contribution in [3.8, 4) is 0 Å². The van der Waals surface area contributed by atoms with Crippen LogP contribution in [0.1, 0.15) is 33.6 Å². The number of nitrogens with zero attached hydrogens (tertiary/aromatic N) is 2. The molecule has 0 unspecified atom stereocenters. The van der Waals surface area contributed by atoms with Crippen LogP contribution in [-0.4, -0.2) is 55.7 Å². The van der Waals surface area contributed by atoms with Gasteiger partial charge in [-0.05, 0) is 51.7 Å². The summed E-state index contributed by atoms with van der Waals surface area (Å²) in [5.41, 5.74) is 0.558. The number of hydrogen-bond acceptors (Lipinski definition) is 4. The maximum atomic E-state index is 12.5. The second-order valence-corrected chi connectivity index (χ2v) is 7.90. The zero-order valence-corrected chi connectivity index (χ0v) is 16.3. The maximum Gasteiger partial charge on any atom is 0.407 e. The van der Waals surface area contributed by atoms with E-state index in [-0.39, 0.29) is 12.0 Å². The number of carbonyl (C=O) groups is 2. The summed E-state index contributed by atoms with van der Waals surface area (Å²) in [5.74, 6) is 0.535. The second-order valence-electron chi connectivity index (χ2n) is 7.90. The number of benzene rings is 1. The Hall–Kier alpha value is -2.24. The van der Waals surface area contributed by atoms with Gasteiger partial charge in [0.2, 0.25) is 5.91 Å². The number of rotatable bonds is 5. The van der Waals surface area contributed by atoms with Crippen LogP contribution in [0.2, 0.25) is 0 Å². The summed E-state index contributed by atoms with van der Waals surface area (Å²) in [7, 11) is 1.94. The Morgan fingerprint density at radius 3 is 2.38 bits per heavy atom. The van der Waals surface area contributed by atoms with Crippen molar-refractivity contribution >= 4 is 17.7 Å². The number of ether oxygens (including phenoxy) is 1. The lowest BCUT2D eigenvalue weighted by molar-refractivity contribution is -0.131. The number of piperidine rings is 1. The highest BCUT2D eigenvalue weighted by Gasteiger charge is 2.24. The Morgan fingerprint density at radius 2 is 1.81 bits per heavy atom. The molecule has 1 aromatic carbocycles. The summed E-state index contributed by atoms with van der Waals surface area (Å²) in [5, 5.41) is 2.83. The molecular weight excluding hydrogens is 330 g/mol. The van der Waals surface area contributed by atoms with E-state index in [0.29, 0.717) is 19.0 Å². The van der Waals surface area contributed by atoms with E-state index in [1.54, 1.807) is 0 Å². The van der Waals surface area contributed by atoms with Gasteiger partial charge in [-0.15, -0.1) is 0 Å². The fourth-order valence-electron chi connectivity index (χ4n) is 3.00. The zero-order chi connectivity index (χ0) is 19.2. The molecule has 6 heteroatoms. The first-order valence-electron chi connectivity index (χ1n) is 9.25. The molecule has 1 saturated heterocycles. The molecule has 2 rings (SSSR count). The van der Waals surface area contributed by atoms with E-state index in [9.17, 15) is 9.59 Å². The van der Waals surface area contributed by atoms with Crippen molar-refractivity contribution in [3.63, 3.8) is 0 Å². The molecule has 0 atom stereocenters. The van der Waals surface area contributed by atoms with Gasteiger partial charge < -0.3 is 19.9 Å². The third-order valence-electron chi connectivity index (χ3n) is 4.47. The van der Waals surface area contributed by atoms with Crippen molar-refractivity contribution in [1.82, 2.24) is 10.2 Å². The van der Waals surface area contributed by atoms with Crippen LogP contribution in [0, 0.1) is 5.92 Å². The van der Waals surface area contributed by atoms with Gasteiger partial charge in [0.1, 0.15) is 5.60 Å². The molecule has 1 aliphatic rings. The number of likely N-dealkylation sites (N-methyl/N-ethyl adjacent to an activating group) is 1. The van der Waals surface area contributed by atoms with E-state index >= 15 is 0 Å². The fraction of sp³-hybridized carbons (Fsp3) is 0.600. The highest BCUT2D eigenvalue weighted by molar-refractivity contribution is 5.81. The van der Waals surface area contributed by atoms with Gasteiger partial charge in [0.05, 0.1) is 6.54 Å². The predicted molar refractivity (Wildman–Crippen MR) is 103 cm³/mol. The van der Waals surface area contributed by atoms with Crippen molar-refractivity contribution in [1.29, 1.82) is 0 Å². The standard InChI is InChI=1S/C20H31N3O3/c1-20(2,3)26-19(25)21-14-16-10-12-23(13-11-16)18(24)15-22(4)17-8-6-5-7-9-17/h5-9,16H,10-15H2,1-4H3,(H,21,25). The fourth-order valence-corrected chi connectivity index (χ4v) is 3.00. The van der Waals surface area contributed by atoms with E-state index in [1.807, 2.05) is 68.0 Å². The Bertz CT molecular complexity index is 590. The molecule has 1 fully saturated rings. The van der Waals surface area contributed by atoms with Crippen LogP contribution in [0.25, 0.3) is 0 Å². The lowest BCUT2D eigenvalue weighted by Gasteiger charge is -2.33. The molecule has 0 aromatic heterocycles. The topological polar surface area (TPSA) is 61.9 Å². The van der Waals surface area contributed by atoms with Gasteiger partial charge in [0.15, 0.2) is 0 Å². The minimum Gasteiger partial charge on any atom is -0.444 e. The Morgan fingerprint density at radius 1 is 1.19 bits per heavy atom. The van der Waals surface area contributed by atoms with Crippen LogP contribution in [0.5, 0.6) is 0 Å². The van der Waals surface area contributed by atoms with Crippen molar-refractivity contribution in [2.45, 2.75) is 39.2 Å². The molecule has 1 heterocycles. The monoisotopic (exact) mass is 361 g/mol. The minimum atomic E-state index is -0.482. The average molecular weight is 361 g/mol. The van der Waals surface area contributed by atoms with Gasteiger partial charge in [-0.2, -0.15) is 0 Å². The number of amides is 2. The third kappa shape index (κ3) is 6.58. The summed E-state index contributed by atoms with van der Waals surface area (Å²) < 4.78 is 5.25. The van der Waals surface area contributed by atoms with Crippen molar-refractivity contribution in [2.24, 2.45) is 5.92 Å². The molecular formula is C20H31N3O3. The molecule has 1 aromatic rings. The van der Waals surface area contributed by atoms with Crippen molar-refractivity contribution < 1.29 is 14.3 Å². The van der Waals surface area contributed by atoms with Gasteiger partial charge >= 0.3 is 6.09 Å². The molecule has 0 saturated carbocycles. The van der Waals surface area contributed by atoms with Crippen molar-refractivity contribution in [3.05, 3.63) is 30.3 Å². The van der Waals surface area contributed by atoms with Crippen LogP contribution in [-0.2, 0) is 9.53 Å². The van der Waals surface area contributed by atoms with E-state index < -0.39 is 5.60 Å². The number of para-hydroxylation sites is 1. The first-order valence-corrected chi connectivity index (χ1v) is 9.25. The maximum absolute atomic E-state index is 12.5. The molecule has 144 valence electrons. The zero-order valence-electron chi connectivity index (χ0n) is 16.3. The molecule has 1 aliphatic heterocycles. The number of carbonyl (C=O) groups excluding carboxylic acids is 2.